The summed E-state index contributed by atoms with van der Waals surface area (Å²) in [5, 5.41) is 13.2. The Labute approximate surface area is 294 Å². The third kappa shape index (κ3) is 3.71. The minimum Gasteiger partial charge on any atom is -0.135 e. The van der Waals surface area contributed by atoms with Crippen LogP contribution < -0.4 is 0 Å². The smallest absolute Gasteiger partial charge is 0.0440 e. The van der Waals surface area contributed by atoms with E-state index in [-0.39, 0.29) is 5.41 Å². The fourth-order valence-corrected chi connectivity index (χ4v) is 10.4. The highest BCUT2D eigenvalue weighted by atomic mass is 32.1. The van der Waals surface area contributed by atoms with Crippen molar-refractivity contribution < 1.29 is 0 Å². The quantitative estimate of drug-likeness (QED) is 0.129. The zero-order valence-corrected chi connectivity index (χ0v) is 28.7. The van der Waals surface area contributed by atoms with Crippen LogP contribution in [0, 0.1) is 0 Å². The molecular weight excluding hydrogens is 621 g/mol. The molecule has 0 aliphatic heterocycles. The van der Waals surface area contributed by atoms with Gasteiger partial charge in [0.15, 0.2) is 0 Å². The Kier molecular flexibility index (Phi) is 5.70. The minimum atomic E-state index is -0.0544. The highest BCUT2D eigenvalue weighted by Gasteiger charge is 2.35. The molecule has 1 aromatic heterocycles. The normalized spacial score (nSPS) is 13.6. The van der Waals surface area contributed by atoms with Gasteiger partial charge in [-0.2, -0.15) is 0 Å². The summed E-state index contributed by atoms with van der Waals surface area (Å²) in [6, 6.07) is 59.2. The van der Waals surface area contributed by atoms with E-state index in [9.17, 15) is 0 Å². The Balaban J connectivity index is 1.20. The second kappa shape index (κ2) is 10.1. The fourth-order valence-electron chi connectivity index (χ4n) is 9.17. The number of fused-ring (bicyclic) bond motifs is 13. The van der Waals surface area contributed by atoms with Crippen LogP contribution >= 0.6 is 11.3 Å². The molecule has 0 amide bonds. The van der Waals surface area contributed by atoms with E-state index in [1.807, 2.05) is 11.3 Å². The van der Waals surface area contributed by atoms with Crippen LogP contribution in [0.15, 0.2) is 158 Å². The third-order valence-corrected chi connectivity index (χ3v) is 12.6. The van der Waals surface area contributed by atoms with Gasteiger partial charge in [-0.15, -0.1) is 11.3 Å². The molecule has 0 N–H and O–H groups in total. The van der Waals surface area contributed by atoms with Crippen molar-refractivity contribution in [3.63, 3.8) is 0 Å². The Morgan fingerprint density at radius 3 is 1.60 bits per heavy atom. The molecule has 0 saturated heterocycles. The molecule has 234 valence electrons. The summed E-state index contributed by atoms with van der Waals surface area (Å²) >= 11 is 1.92. The molecule has 0 unspecified atom stereocenters. The Hall–Kier alpha value is -5.76. The molecule has 10 aromatic rings. The summed E-state index contributed by atoms with van der Waals surface area (Å²) in [6.45, 7) is 4.74. The summed E-state index contributed by atoms with van der Waals surface area (Å²) in [5.74, 6) is 0. The summed E-state index contributed by atoms with van der Waals surface area (Å²) in [4.78, 5) is 0. The van der Waals surface area contributed by atoms with Gasteiger partial charge < -0.3 is 0 Å². The average molecular weight is 653 g/mol. The second-order valence-corrected chi connectivity index (χ2v) is 15.4. The van der Waals surface area contributed by atoms with Gasteiger partial charge in [0.25, 0.3) is 0 Å². The second-order valence-electron chi connectivity index (χ2n) is 14.4. The van der Waals surface area contributed by atoms with Crippen molar-refractivity contribution in [1.82, 2.24) is 0 Å². The lowest BCUT2D eigenvalue weighted by Crippen LogP contribution is -2.14. The number of hydrogen-bond donors (Lipinski definition) is 0. The maximum Gasteiger partial charge on any atom is 0.0440 e. The standard InChI is InChI=1S/C49H32S/c1-49(2)42-21-11-9-14-32(42)33-25-23-30(28-43(33)49)46-37-18-7-5-16-35(37)45(36-17-6-8-19-38(36)46)29-24-26-39-41(27-29)31-13-3-4-15-34(31)47-40-20-10-12-22-44(40)50-48(39)47/h3-28H,1-2H3. The molecule has 0 saturated carbocycles. The molecule has 0 atom stereocenters. The van der Waals surface area contributed by atoms with Gasteiger partial charge in [0.2, 0.25) is 0 Å². The first-order valence-corrected chi connectivity index (χ1v) is 18.3. The van der Waals surface area contributed by atoms with Gasteiger partial charge >= 0.3 is 0 Å². The van der Waals surface area contributed by atoms with Crippen molar-refractivity contribution in [2.24, 2.45) is 0 Å². The van der Waals surface area contributed by atoms with E-state index < -0.39 is 0 Å². The molecule has 11 rings (SSSR count). The lowest BCUT2D eigenvalue weighted by Gasteiger charge is -2.23. The van der Waals surface area contributed by atoms with Crippen molar-refractivity contribution in [3.05, 3.63) is 169 Å². The summed E-state index contributed by atoms with van der Waals surface area (Å²) < 4.78 is 2.72. The van der Waals surface area contributed by atoms with Crippen LogP contribution in [0.5, 0.6) is 0 Å². The predicted molar refractivity (Wildman–Crippen MR) is 218 cm³/mol. The van der Waals surface area contributed by atoms with Gasteiger partial charge in [0, 0.05) is 31.0 Å². The number of benzene rings is 9. The van der Waals surface area contributed by atoms with Crippen molar-refractivity contribution in [1.29, 1.82) is 0 Å². The summed E-state index contributed by atoms with van der Waals surface area (Å²) in [7, 11) is 0. The predicted octanol–water partition coefficient (Wildman–Crippen LogP) is 14.3. The number of rotatable bonds is 2. The average Bonchev–Trinajstić information content (AvgIpc) is 3.66. The van der Waals surface area contributed by atoms with Crippen LogP contribution in [0.1, 0.15) is 25.0 Å². The first-order valence-electron chi connectivity index (χ1n) is 17.5. The van der Waals surface area contributed by atoms with E-state index >= 15 is 0 Å². The van der Waals surface area contributed by atoms with Crippen molar-refractivity contribution in [2.75, 3.05) is 0 Å². The molecule has 0 nitrogen and oxygen atoms in total. The molecule has 1 aliphatic rings. The highest BCUT2D eigenvalue weighted by molar-refractivity contribution is 7.27. The third-order valence-electron chi connectivity index (χ3n) is 11.4. The van der Waals surface area contributed by atoms with Gasteiger partial charge in [-0.25, -0.2) is 0 Å². The summed E-state index contributed by atoms with van der Waals surface area (Å²) in [5.41, 5.74) is 10.6. The van der Waals surface area contributed by atoms with Gasteiger partial charge in [0.05, 0.1) is 0 Å². The van der Waals surface area contributed by atoms with Crippen molar-refractivity contribution in [2.45, 2.75) is 19.3 Å². The molecule has 1 aliphatic carbocycles. The van der Waals surface area contributed by atoms with E-state index in [1.165, 1.54) is 108 Å². The van der Waals surface area contributed by atoms with Crippen LogP contribution in [-0.4, -0.2) is 0 Å². The molecule has 0 bridgehead atoms. The SMILES string of the molecule is CC1(C)c2ccccc2-c2ccc(-c3c4ccccc4c(-c4ccc5c(c4)c4ccccc4c4c6ccccc6sc54)c4ccccc34)cc21. The lowest BCUT2D eigenvalue weighted by atomic mass is 9.80. The highest BCUT2D eigenvalue weighted by Crippen LogP contribution is 2.52. The van der Waals surface area contributed by atoms with Gasteiger partial charge in [-0.3, -0.25) is 0 Å². The Morgan fingerprint density at radius 2 is 0.900 bits per heavy atom. The minimum absolute atomic E-state index is 0.0544. The number of hydrogen-bond acceptors (Lipinski definition) is 1. The Bertz CT molecular complexity index is 3010. The van der Waals surface area contributed by atoms with Crippen LogP contribution in [0.3, 0.4) is 0 Å². The molecule has 50 heavy (non-hydrogen) atoms. The van der Waals surface area contributed by atoms with E-state index in [2.05, 4.69) is 172 Å². The number of thiophene rings is 1. The van der Waals surface area contributed by atoms with E-state index in [4.69, 9.17) is 0 Å². The van der Waals surface area contributed by atoms with Crippen LogP contribution in [-0.2, 0) is 5.41 Å². The topological polar surface area (TPSA) is 0 Å². The maximum absolute atomic E-state index is 2.47. The molecule has 1 heteroatoms. The van der Waals surface area contributed by atoms with Gasteiger partial charge in [0.1, 0.15) is 0 Å². The zero-order chi connectivity index (χ0) is 33.1. The van der Waals surface area contributed by atoms with E-state index in [1.54, 1.807) is 0 Å². The lowest BCUT2D eigenvalue weighted by molar-refractivity contribution is 0.660. The zero-order valence-electron chi connectivity index (χ0n) is 27.9. The molecule has 9 aromatic carbocycles. The monoisotopic (exact) mass is 652 g/mol. The van der Waals surface area contributed by atoms with Crippen molar-refractivity contribution >= 4 is 74.6 Å². The van der Waals surface area contributed by atoms with Gasteiger partial charge in [-0.05, 0) is 100 Å². The maximum atomic E-state index is 2.47. The Morgan fingerprint density at radius 1 is 0.380 bits per heavy atom. The fraction of sp³-hybridized carbons (Fsp3) is 0.0612. The molecule has 0 radical (unpaired) electrons. The largest absolute Gasteiger partial charge is 0.135 e. The first-order chi connectivity index (χ1) is 24.6. The van der Waals surface area contributed by atoms with Crippen LogP contribution in [0.4, 0.5) is 0 Å². The summed E-state index contributed by atoms with van der Waals surface area (Å²) in [6.07, 6.45) is 0. The van der Waals surface area contributed by atoms with E-state index in [0.29, 0.717) is 0 Å². The molecule has 0 spiro atoms. The van der Waals surface area contributed by atoms with Crippen molar-refractivity contribution in [3.8, 4) is 33.4 Å². The molecule has 1 heterocycles. The van der Waals surface area contributed by atoms with Crippen LogP contribution in [0.25, 0.3) is 96.6 Å². The molecular formula is C49H32S. The van der Waals surface area contributed by atoms with Crippen LogP contribution in [0.2, 0.25) is 0 Å². The van der Waals surface area contributed by atoms with E-state index in [0.717, 1.165) is 0 Å². The van der Waals surface area contributed by atoms with Gasteiger partial charge in [-0.1, -0.05) is 153 Å². The molecule has 0 fully saturated rings. The first kappa shape index (κ1) is 28.1.